The number of hydrogen-bond acceptors (Lipinski definition) is 1. The summed E-state index contributed by atoms with van der Waals surface area (Å²) in [6.45, 7) is 0. The van der Waals surface area contributed by atoms with E-state index in [1.54, 1.807) is 6.33 Å². The molecule has 0 bridgehead atoms. The molecule has 0 saturated heterocycles. The molecule has 0 aliphatic heterocycles. The van der Waals surface area contributed by atoms with Gasteiger partial charge in [-0.3, -0.25) is 0 Å². The predicted molar refractivity (Wildman–Crippen MR) is 36.1 cm³/mol. The summed E-state index contributed by atoms with van der Waals surface area (Å²) in [5.41, 5.74) is 2.12. The van der Waals surface area contributed by atoms with Crippen molar-refractivity contribution in [3.8, 4) is 0 Å². The van der Waals surface area contributed by atoms with Gasteiger partial charge in [0.15, 0.2) is 0 Å². The molecule has 1 N–H and O–H groups in total. The third-order valence-electron chi connectivity index (χ3n) is 1.33. The molecule has 1 aromatic heterocycles. The SMILES string of the molecule is [Cd].c1ccc2[nH]cnc2c1. The van der Waals surface area contributed by atoms with Crippen LogP contribution in [0.5, 0.6) is 0 Å². The van der Waals surface area contributed by atoms with Gasteiger partial charge in [0.2, 0.25) is 0 Å². The molecule has 2 rings (SSSR count). The number of para-hydroxylation sites is 2. The largest absolute Gasteiger partial charge is 0.345 e. The average Bonchev–Trinajstić information content (AvgIpc) is 2.33. The molecule has 0 aliphatic rings. The summed E-state index contributed by atoms with van der Waals surface area (Å²) in [7, 11) is 0. The summed E-state index contributed by atoms with van der Waals surface area (Å²) in [4.78, 5) is 7.07. The van der Waals surface area contributed by atoms with Gasteiger partial charge in [-0.25, -0.2) is 4.98 Å². The van der Waals surface area contributed by atoms with Crippen molar-refractivity contribution in [3.05, 3.63) is 30.6 Å². The Hall–Kier alpha value is -0.388. The fourth-order valence-corrected chi connectivity index (χ4v) is 0.880. The van der Waals surface area contributed by atoms with E-state index in [0.717, 1.165) is 11.0 Å². The quantitative estimate of drug-likeness (QED) is 0.684. The Balaban J connectivity index is 0.000000500. The molecule has 10 heavy (non-hydrogen) atoms. The molecule has 1 heterocycles. The second kappa shape index (κ2) is 3.14. The summed E-state index contributed by atoms with van der Waals surface area (Å²) >= 11 is 0. The Labute approximate surface area is 78.8 Å². The molecule has 2 aromatic rings. The van der Waals surface area contributed by atoms with E-state index in [0.29, 0.717) is 0 Å². The summed E-state index contributed by atoms with van der Waals surface area (Å²) in [6, 6.07) is 7.94. The van der Waals surface area contributed by atoms with Crippen molar-refractivity contribution in [1.29, 1.82) is 0 Å². The number of nitrogens with one attached hydrogen (secondary N) is 1. The van der Waals surface area contributed by atoms with Crippen LogP contribution in [0.4, 0.5) is 0 Å². The Kier molecular flexibility index (Phi) is 2.42. The summed E-state index contributed by atoms with van der Waals surface area (Å²) in [6.07, 6.45) is 1.70. The zero-order valence-electron chi connectivity index (χ0n) is 5.54. The Morgan fingerprint density at radius 3 is 2.80 bits per heavy atom. The minimum atomic E-state index is 0. The maximum Gasteiger partial charge on any atom is 0.0931 e. The van der Waals surface area contributed by atoms with Gasteiger partial charge in [-0.15, -0.1) is 0 Å². The van der Waals surface area contributed by atoms with Crippen molar-refractivity contribution in [2.45, 2.75) is 0 Å². The first kappa shape index (κ1) is 7.72. The second-order valence-corrected chi connectivity index (χ2v) is 1.92. The zero-order valence-corrected chi connectivity index (χ0v) is 9.58. The van der Waals surface area contributed by atoms with E-state index in [-0.39, 0.29) is 27.3 Å². The molecule has 0 saturated carbocycles. The van der Waals surface area contributed by atoms with Gasteiger partial charge < -0.3 is 4.98 Å². The maximum atomic E-state index is 4.06. The topological polar surface area (TPSA) is 28.7 Å². The van der Waals surface area contributed by atoms with Crippen LogP contribution in [0.1, 0.15) is 0 Å². The normalized spacial score (nSPS) is 9.20. The molecular formula is C7H6CdN2. The fraction of sp³-hybridized carbons (Fsp3) is 0. The van der Waals surface area contributed by atoms with Gasteiger partial charge in [0.25, 0.3) is 0 Å². The minimum Gasteiger partial charge on any atom is -0.345 e. The van der Waals surface area contributed by atoms with Gasteiger partial charge in [0.1, 0.15) is 0 Å². The van der Waals surface area contributed by atoms with Crippen molar-refractivity contribution in [2.75, 3.05) is 0 Å². The smallest absolute Gasteiger partial charge is 0.0931 e. The Morgan fingerprint density at radius 1 is 1.20 bits per heavy atom. The number of hydrogen-bond donors (Lipinski definition) is 1. The molecule has 0 unspecified atom stereocenters. The predicted octanol–water partition coefficient (Wildman–Crippen LogP) is 1.56. The zero-order chi connectivity index (χ0) is 6.10. The molecule has 0 amide bonds. The van der Waals surface area contributed by atoms with Crippen LogP contribution in [0.15, 0.2) is 30.6 Å². The molecular weight excluding hydrogens is 225 g/mol. The van der Waals surface area contributed by atoms with Crippen molar-refractivity contribution < 1.29 is 27.3 Å². The molecule has 0 radical (unpaired) electrons. The monoisotopic (exact) mass is 232 g/mol. The maximum absolute atomic E-state index is 4.06. The third kappa shape index (κ3) is 1.21. The number of imidazole rings is 1. The van der Waals surface area contributed by atoms with E-state index >= 15 is 0 Å². The van der Waals surface area contributed by atoms with Crippen LogP contribution >= 0.6 is 0 Å². The number of H-pyrrole nitrogens is 1. The van der Waals surface area contributed by atoms with Crippen LogP contribution in [0, 0.1) is 0 Å². The number of rotatable bonds is 0. The fourth-order valence-electron chi connectivity index (χ4n) is 0.880. The van der Waals surface area contributed by atoms with Gasteiger partial charge >= 0.3 is 0 Å². The molecule has 0 fully saturated rings. The van der Waals surface area contributed by atoms with E-state index in [2.05, 4.69) is 9.97 Å². The van der Waals surface area contributed by atoms with Gasteiger partial charge in [-0.1, -0.05) is 12.1 Å². The summed E-state index contributed by atoms with van der Waals surface area (Å²) in [5.74, 6) is 0. The molecule has 0 atom stereocenters. The third-order valence-corrected chi connectivity index (χ3v) is 1.33. The first-order chi connectivity index (χ1) is 4.47. The van der Waals surface area contributed by atoms with Crippen LogP contribution in [0.3, 0.4) is 0 Å². The van der Waals surface area contributed by atoms with Crippen molar-refractivity contribution >= 4 is 11.0 Å². The molecule has 2 nitrogen and oxygen atoms in total. The first-order valence-corrected chi connectivity index (χ1v) is 2.85. The molecule has 1 aromatic carbocycles. The standard InChI is InChI=1S/C7H6N2.Cd/c1-2-4-7-6(3-1)8-5-9-7;/h1-5H,(H,8,9);. The van der Waals surface area contributed by atoms with Crippen LogP contribution < -0.4 is 0 Å². The Morgan fingerprint density at radius 2 is 2.00 bits per heavy atom. The van der Waals surface area contributed by atoms with Gasteiger partial charge in [-0.05, 0) is 12.1 Å². The van der Waals surface area contributed by atoms with Crippen molar-refractivity contribution in [1.82, 2.24) is 9.97 Å². The summed E-state index contributed by atoms with van der Waals surface area (Å²) < 4.78 is 0. The second-order valence-electron chi connectivity index (χ2n) is 1.92. The van der Waals surface area contributed by atoms with Crippen molar-refractivity contribution in [2.24, 2.45) is 0 Å². The number of aromatic amines is 1. The van der Waals surface area contributed by atoms with E-state index in [4.69, 9.17) is 0 Å². The van der Waals surface area contributed by atoms with Gasteiger partial charge in [0, 0.05) is 27.3 Å². The van der Waals surface area contributed by atoms with Crippen LogP contribution in [-0.4, -0.2) is 9.97 Å². The average molecular weight is 231 g/mol. The van der Waals surface area contributed by atoms with E-state index in [1.165, 1.54) is 0 Å². The van der Waals surface area contributed by atoms with Crippen molar-refractivity contribution in [3.63, 3.8) is 0 Å². The van der Waals surface area contributed by atoms with Gasteiger partial charge in [0.05, 0.1) is 17.4 Å². The number of nitrogens with zero attached hydrogens (tertiary/aromatic N) is 1. The molecule has 46 valence electrons. The van der Waals surface area contributed by atoms with E-state index in [9.17, 15) is 0 Å². The Bertz CT molecular complexity index is 286. The first-order valence-electron chi connectivity index (χ1n) is 2.85. The number of aromatic nitrogens is 2. The summed E-state index contributed by atoms with van der Waals surface area (Å²) in [5, 5.41) is 0. The molecule has 0 aliphatic carbocycles. The van der Waals surface area contributed by atoms with Gasteiger partial charge in [-0.2, -0.15) is 0 Å². The minimum absolute atomic E-state index is 0. The van der Waals surface area contributed by atoms with Crippen LogP contribution in [0.2, 0.25) is 0 Å². The molecule has 3 heteroatoms. The van der Waals surface area contributed by atoms with E-state index < -0.39 is 0 Å². The van der Waals surface area contributed by atoms with E-state index in [1.807, 2.05) is 24.3 Å². The molecule has 0 spiro atoms. The number of benzene rings is 1. The van der Waals surface area contributed by atoms with Crippen LogP contribution in [-0.2, 0) is 27.3 Å². The van der Waals surface area contributed by atoms with Crippen LogP contribution in [0.25, 0.3) is 11.0 Å². The number of fused-ring (bicyclic) bond motifs is 1.